The number of benzene rings is 2. The van der Waals surface area contributed by atoms with Gasteiger partial charge >= 0.3 is 0 Å². The van der Waals surface area contributed by atoms with E-state index >= 15 is 0 Å². The third kappa shape index (κ3) is 3.91. The van der Waals surface area contributed by atoms with Gasteiger partial charge in [-0.3, -0.25) is 0 Å². The van der Waals surface area contributed by atoms with Crippen molar-refractivity contribution in [3.05, 3.63) is 63.6 Å². The first-order chi connectivity index (χ1) is 10.0. The average molecular weight is 323 g/mol. The van der Waals surface area contributed by atoms with Crippen LogP contribution in [0.25, 0.3) is 0 Å². The van der Waals surface area contributed by atoms with Crippen LogP contribution in [0.15, 0.2) is 42.5 Å². The monoisotopic (exact) mass is 322 g/mol. The summed E-state index contributed by atoms with van der Waals surface area (Å²) < 4.78 is 0. The molecule has 0 radical (unpaired) electrons. The Balaban J connectivity index is 2.22. The number of anilines is 1. The molecule has 0 aromatic heterocycles. The van der Waals surface area contributed by atoms with E-state index in [1.165, 1.54) is 11.1 Å². The van der Waals surface area contributed by atoms with Crippen molar-refractivity contribution in [2.24, 2.45) is 5.73 Å². The van der Waals surface area contributed by atoms with Gasteiger partial charge in [0, 0.05) is 12.1 Å². The van der Waals surface area contributed by atoms with Gasteiger partial charge in [-0.05, 0) is 55.3 Å². The fraction of sp³-hybridized carbons (Fsp3) is 0.294. The van der Waals surface area contributed by atoms with Gasteiger partial charge in [-0.25, -0.2) is 0 Å². The molecule has 1 atom stereocenters. The topological polar surface area (TPSA) is 29.3 Å². The maximum atomic E-state index is 6.41. The number of rotatable bonds is 5. The molecule has 0 amide bonds. The van der Waals surface area contributed by atoms with E-state index in [2.05, 4.69) is 24.0 Å². The molecule has 4 heteroatoms. The van der Waals surface area contributed by atoms with Crippen molar-refractivity contribution in [3.63, 3.8) is 0 Å². The second-order valence-corrected chi connectivity index (χ2v) is 6.01. The molecular weight excluding hydrogens is 303 g/mol. The highest BCUT2D eigenvalue weighted by Crippen LogP contribution is 2.32. The standard InChI is InChI=1S/C17H20Cl2N2/c1-12(14-4-6-15(18)7-5-14)21(2)17-8-3-13(9-10-20)11-16(17)19/h3-8,11-12H,9-10,20H2,1-2H3. The SMILES string of the molecule is CC(c1ccc(Cl)cc1)N(C)c1ccc(CCN)cc1Cl. The van der Waals surface area contributed by atoms with Crippen LogP contribution in [0.1, 0.15) is 24.1 Å². The normalized spacial score (nSPS) is 12.2. The predicted molar refractivity (Wildman–Crippen MR) is 92.5 cm³/mol. The molecule has 1 unspecified atom stereocenters. The van der Waals surface area contributed by atoms with Gasteiger partial charge in [0.2, 0.25) is 0 Å². The fourth-order valence-corrected chi connectivity index (χ4v) is 2.79. The summed E-state index contributed by atoms with van der Waals surface area (Å²) in [6, 6.07) is 14.2. The minimum absolute atomic E-state index is 0.208. The third-order valence-electron chi connectivity index (χ3n) is 3.76. The van der Waals surface area contributed by atoms with Crippen LogP contribution in [0.3, 0.4) is 0 Å². The number of nitrogens with two attached hydrogens (primary N) is 1. The van der Waals surface area contributed by atoms with Crippen molar-refractivity contribution in [2.75, 3.05) is 18.5 Å². The Morgan fingerprint density at radius 1 is 1.10 bits per heavy atom. The molecule has 21 heavy (non-hydrogen) atoms. The van der Waals surface area contributed by atoms with Crippen LogP contribution in [0.2, 0.25) is 10.0 Å². The second-order valence-electron chi connectivity index (χ2n) is 5.16. The molecule has 0 spiro atoms. The van der Waals surface area contributed by atoms with Gasteiger partial charge in [0.25, 0.3) is 0 Å². The van der Waals surface area contributed by atoms with E-state index in [1.54, 1.807) is 0 Å². The van der Waals surface area contributed by atoms with E-state index in [0.717, 1.165) is 22.2 Å². The predicted octanol–water partition coefficient (Wildman–Crippen LogP) is 4.69. The van der Waals surface area contributed by atoms with Crippen molar-refractivity contribution in [2.45, 2.75) is 19.4 Å². The quantitative estimate of drug-likeness (QED) is 0.865. The summed E-state index contributed by atoms with van der Waals surface area (Å²) in [5, 5.41) is 1.50. The lowest BCUT2D eigenvalue weighted by Gasteiger charge is -2.28. The Bertz CT molecular complexity index is 596. The van der Waals surface area contributed by atoms with Crippen LogP contribution in [-0.2, 0) is 6.42 Å². The van der Waals surface area contributed by atoms with Crippen LogP contribution in [0.5, 0.6) is 0 Å². The van der Waals surface area contributed by atoms with Gasteiger partial charge < -0.3 is 10.6 Å². The Hall–Kier alpha value is -1.22. The zero-order chi connectivity index (χ0) is 15.4. The summed E-state index contributed by atoms with van der Waals surface area (Å²) in [5.74, 6) is 0. The van der Waals surface area contributed by atoms with Gasteiger partial charge in [0.05, 0.1) is 16.8 Å². The molecule has 2 aromatic carbocycles. The average Bonchev–Trinajstić information content (AvgIpc) is 2.47. The Morgan fingerprint density at radius 3 is 2.33 bits per heavy atom. The molecule has 0 aliphatic carbocycles. The molecule has 2 aromatic rings. The molecule has 2 rings (SSSR count). The Labute approximate surface area is 136 Å². The molecule has 2 nitrogen and oxygen atoms in total. The van der Waals surface area contributed by atoms with Crippen LogP contribution >= 0.6 is 23.2 Å². The lowest BCUT2D eigenvalue weighted by molar-refractivity contribution is 0.739. The largest absolute Gasteiger partial charge is 0.367 e. The van der Waals surface area contributed by atoms with Crippen molar-refractivity contribution in [1.29, 1.82) is 0 Å². The maximum absolute atomic E-state index is 6.41. The fourth-order valence-electron chi connectivity index (χ4n) is 2.33. The molecule has 0 fully saturated rings. The lowest BCUT2D eigenvalue weighted by Crippen LogP contribution is -2.22. The van der Waals surface area contributed by atoms with Crippen LogP contribution in [-0.4, -0.2) is 13.6 Å². The highest BCUT2D eigenvalue weighted by molar-refractivity contribution is 6.33. The second kappa shape index (κ2) is 7.17. The van der Waals surface area contributed by atoms with E-state index in [4.69, 9.17) is 28.9 Å². The number of hydrogen-bond donors (Lipinski definition) is 1. The summed E-state index contributed by atoms with van der Waals surface area (Å²) in [6.45, 7) is 2.78. The first-order valence-electron chi connectivity index (χ1n) is 6.99. The lowest BCUT2D eigenvalue weighted by atomic mass is 10.1. The van der Waals surface area contributed by atoms with E-state index in [0.29, 0.717) is 6.54 Å². The maximum Gasteiger partial charge on any atom is 0.0642 e. The summed E-state index contributed by atoms with van der Waals surface area (Å²) in [5.41, 5.74) is 8.96. The third-order valence-corrected chi connectivity index (χ3v) is 4.31. The zero-order valence-electron chi connectivity index (χ0n) is 12.3. The summed E-state index contributed by atoms with van der Waals surface area (Å²) in [7, 11) is 2.04. The number of hydrogen-bond acceptors (Lipinski definition) is 2. The van der Waals surface area contributed by atoms with Crippen molar-refractivity contribution >= 4 is 28.9 Å². The molecular formula is C17H20Cl2N2. The summed E-state index contributed by atoms with van der Waals surface area (Å²) in [4.78, 5) is 2.16. The van der Waals surface area contributed by atoms with Crippen LogP contribution in [0, 0.1) is 0 Å². The Morgan fingerprint density at radius 2 is 1.76 bits per heavy atom. The van der Waals surface area contributed by atoms with Gasteiger partial charge in [-0.15, -0.1) is 0 Å². The van der Waals surface area contributed by atoms with E-state index in [1.807, 2.05) is 37.4 Å². The van der Waals surface area contributed by atoms with Crippen LogP contribution in [0.4, 0.5) is 5.69 Å². The molecule has 0 saturated heterocycles. The number of halogens is 2. The highest BCUT2D eigenvalue weighted by atomic mass is 35.5. The minimum Gasteiger partial charge on any atom is -0.367 e. The van der Waals surface area contributed by atoms with Gasteiger partial charge in [0.15, 0.2) is 0 Å². The van der Waals surface area contributed by atoms with Crippen molar-refractivity contribution < 1.29 is 0 Å². The molecule has 0 aliphatic heterocycles. The van der Waals surface area contributed by atoms with Crippen molar-refractivity contribution in [3.8, 4) is 0 Å². The van der Waals surface area contributed by atoms with Crippen molar-refractivity contribution in [1.82, 2.24) is 0 Å². The molecule has 0 aliphatic rings. The molecule has 0 bridgehead atoms. The first-order valence-corrected chi connectivity index (χ1v) is 7.75. The summed E-state index contributed by atoms with van der Waals surface area (Å²) in [6.07, 6.45) is 0.844. The van der Waals surface area contributed by atoms with Gasteiger partial charge in [0.1, 0.15) is 0 Å². The first kappa shape index (κ1) is 16.2. The highest BCUT2D eigenvalue weighted by Gasteiger charge is 2.15. The van der Waals surface area contributed by atoms with E-state index < -0.39 is 0 Å². The molecule has 0 saturated carbocycles. The van der Waals surface area contributed by atoms with E-state index in [-0.39, 0.29) is 6.04 Å². The molecule has 112 valence electrons. The zero-order valence-corrected chi connectivity index (χ0v) is 13.8. The van der Waals surface area contributed by atoms with Gasteiger partial charge in [-0.1, -0.05) is 41.4 Å². The van der Waals surface area contributed by atoms with Gasteiger partial charge in [-0.2, -0.15) is 0 Å². The van der Waals surface area contributed by atoms with Crippen LogP contribution < -0.4 is 10.6 Å². The minimum atomic E-state index is 0.208. The smallest absolute Gasteiger partial charge is 0.0642 e. The molecule has 0 heterocycles. The molecule has 2 N–H and O–H groups in total. The van der Waals surface area contributed by atoms with E-state index in [9.17, 15) is 0 Å². The summed E-state index contributed by atoms with van der Waals surface area (Å²) >= 11 is 12.4. The number of nitrogens with zero attached hydrogens (tertiary/aromatic N) is 1. The Kier molecular flexibility index (Phi) is 5.51.